The van der Waals surface area contributed by atoms with Crippen molar-refractivity contribution in [2.75, 3.05) is 6.61 Å². The van der Waals surface area contributed by atoms with Gasteiger partial charge in [0.05, 0.1) is 0 Å². The van der Waals surface area contributed by atoms with Crippen molar-refractivity contribution in [2.45, 2.75) is 6.18 Å². The summed E-state index contributed by atoms with van der Waals surface area (Å²) in [6.45, 7) is -1.54. The van der Waals surface area contributed by atoms with Crippen LogP contribution in [0.25, 0.3) is 0 Å². The normalized spacial score (nSPS) is 10.8. The van der Waals surface area contributed by atoms with Crippen LogP contribution in [0.4, 0.5) is 23.2 Å². The van der Waals surface area contributed by atoms with Crippen LogP contribution >= 0.6 is 0 Å². The number of ether oxygens (including phenoxy) is 1. The number of alkyl halides is 3. The van der Waals surface area contributed by atoms with Crippen LogP contribution in [0.5, 0.6) is 5.75 Å². The van der Waals surface area contributed by atoms with E-state index in [2.05, 4.69) is 9.73 Å². The highest BCUT2D eigenvalue weighted by Crippen LogP contribution is 2.29. The van der Waals surface area contributed by atoms with Gasteiger partial charge in [-0.15, -0.1) is 0 Å². The van der Waals surface area contributed by atoms with Crippen molar-refractivity contribution in [1.82, 2.24) is 0 Å². The van der Waals surface area contributed by atoms with Gasteiger partial charge in [-0.2, -0.15) is 18.2 Å². The number of carbonyl (C=O) groups excluding carboxylic acids is 1. The third-order valence-electron chi connectivity index (χ3n) is 1.48. The van der Waals surface area contributed by atoms with Gasteiger partial charge in [0.1, 0.15) is 17.3 Å². The van der Waals surface area contributed by atoms with Crippen LogP contribution in [-0.2, 0) is 4.79 Å². The van der Waals surface area contributed by atoms with Gasteiger partial charge in [-0.05, 0) is 12.1 Å². The Kier molecular flexibility index (Phi) is 3.63. The number of nitrogens with zero attached hydrogens (tertiary/aromatic N) is 1. The molecule has 0 aliphatic rings. The number of hydrogen-bond acceptors (Lipinski definition) is 3. The summed E-state index contributed by atoms with van der Waals surface area (Å²) < 4.78 is 52.5. The fourth-order valence-corrected chi connectivity index (χ4v) is 0.909. The Morgan fingerprint density at radius 2 is 2.06 bits per heavy atom. The van der Waals surface area contributed by atoms with E-state index in [0.29, 0.717) is 0 Å². The molecule has 0 radical (unpaired) electrons. The van der Waals surface area contributed by atoms with Crippen LogP contribution in [-0.4, -0.2) is 18.9 Å². The maximum absolute atomic E-state index is 12.7. The molecular weight excluding hydrogens is 230 g/mol. The standard InChI is InChI=1S/C9H5F4NO2/c10-6-1-2-8(7(3-6)14-5-15)16-4-9(11,12)13/h1-3H,4H2. The predicted octanol–water partition coefficient (Wildman–Crippen LogP) is 2.73. The Hall–Kier alpha value is -1.88. The van der Waals surface area contributed by atoms with Gasteiger partial charge in [-0.3, -0.25) is 0 Å². The van der Waals surface area contributed by atoms with E-state index in [4.69, 9.17) is 0 Å². The first kappa shape index (κ1) is 12.2. The van der Waals surface area contributed by atoms with E-state index in [1.165, 1.54) is 0 Å². The maximum Gasteiger partial charge on any atom is 0.422 e. The number of hydrogen-bond donors (Lipinski definition) is 0. The SMILES string of the molecule is O=C=Nc1cc(F)ccc1OCC(F)(F)F. The lowest BCUT2D eigenvalue weighted by atomic mass is 10.3. The van der Waals surface area contributed by atoms with E-state index in [9.17, 15) is 22.4 Å². The summed E-state index contributed by atoms with van der Waals surface area (Å²) >= 11 is 0. The molecule has 0 bridgehead atoms. The molecule has 0 spiro atoms. The zero-order valence-corrected chi connectivity index (χ0v) is 7.71. The third kappa shape index (κ3) is 3.70. The van der Waals surface area contributed by atoms with Crippen molar-refractivity contribution in [1.29, 1.82) is 0 Å². The molecule has 7 heteroatoms. The van der Waals surface area contributed by atoms with Crippen LogP contribution in [0.1, 0.15) is 0 Å². The van der Waals surface area contributed by atoms with Crippen molar-refractivity contribution < 1.29 is 27.1 Å². The summed E-state index contributed by atoms with van der Waals surface area (Å²) in [5, 5.41) is 0. The first-order chi connectivity index (χ1) is 7.42. The second-order valence-electron chi connectivity index (χ2n) is 2.72. The van der Waals surface area contributed by atoms with Crippen LogP contribution in [0.15, 0.2) is 23.2 Å². The lowest BCUT2D eigenvalue weighted by molar-refractivity contribution is -0.153. The average molecular weight is 235 g/mol. The number of aliphatic imine (C=N–C) groups is 1. The van der Waals surface area contributed by atoms with Gasteiger partial charge in [0.15, 0.2) is 6.61 Å². The van der Waals surface area contributed by atoms with Gasteiger partial charge in [-0.25, -0.2) is 9.18 Å². The summed E-state index contributed by atoms with van der Waals surface area (Å²) in [4.78, 5) is 13.0. The zero-order valence-electron chi connectivity index (χ0n) is 7.71. The Morgan fingerprint density at radius 1 is 1.38 bits per heavy atom. The molecule has 0 amide bonds. The number of isocyanates is 1. The molecule has 0 saturated heterocycles. The number of halogens is 4. The number of rotatable bonds is 3. The highest BCUT2D eigenvalue weighted by Gasteiger charge is 2.28. The average Bonchev–Trinajstić information content (AvgIpc) is 2.15. The van der Waals surface area contributed by atoms with Crippen LogP contribution in [0.2, 0.25) is 0 Å². The van der Waals surface area contributed by atoms with Crippen LogP contribution in [0, 0.1) is 5.82 Å². The van der Waals surface area contributed by atoms with Crippen LogP contribution < -0.4 is 4.74 Å². The molecule has 86 valence electrons. The fraction of sp³-hybridized carbons (Fsp3) is 0.222. The Bertz CT molecular complexity index is 424. The summed E-state index contributed by atoms with van der Waals surface area (Å²) in [6.07, 6.45) is -3.42. The Labute approximate surface area is 87.4 Å². The zero-order chi connectivity index (χ0) is 12.2. The molecular formula is C9H5F4NO2. The quantitative estimate of drug-likeness (QED) is 0.459. The molecule has 0 aliphatic carbocycles. The topological polar surface area (TPSA) is 38.7 Å². The first-order valence-electron chi connectivity index (χ1n) is 3.99. The third-order valence-corrected chi connectivity index (χ3v) is 1.48. The summed E-state index contributed by atoms with van der Waals surface area (Å²) in [5.41, 5.74) is -0.334. The Morgan fingerprint density at radius 3 is 2.62 bits per heavy atom. The van der Waals surface area contributed by atoms with E-state index in [0.717, 1.165) is 24.3 Å². The number of benzene rings is 1. The monoisotopic (exact) mass is 235 g/mol. The molecule has 1 aromatic carbocycles. The van der Waals surface area contributed by atoms with E-state index in [-0.39, 0.29) is 11.4 Å². The molecule has 0 heterocycles. The molecule has 0 aliphatic heterocycles. The minimum absolute atomic E-state index is 0.331. The molecule has 0 atom stereocenters. The second kappa shape index (κ2) is 4.76. The molecule has 1 rings (SSSR count). The Balaban J connectivity index is 2.91. The molecule has 16 heavy (non-hydrogen) atoms. The van der Waals surface area contributed by atoms with Gasteiger partial charge < -0.3 is 4.74 Å². The molecule has 1 aromatic rings. The van der Waals surface area contributed by atoms with Gasteiger partial charge in [-0.1, -0.05) is 0 Å². The van der Waals surface area contributed by atoms with Crippen molar-refractivity contribution in [2.24, 2.45) is 4.99 Å². The van der Waals surface area contributed by atoms with Gasteiger partial charge >= 0.3 is 6.18 Å². The molecule has 3 nitrogen and oxygen atoms in total. The van der Waals surface area contributed by atoms with Gasteiger partial charge in [0, 0.05) is 6.07 Å². The smallest absolute Gasteiger partial charge is 0.422 e. The maximum atomic E-state index is 12.7. The molecule has 0 N–H and O–H groups in total. The van der Waals surface area contributed by atoms with Crippen molar-refractivity contribution in [3.05, 3.63) is 24.0 Å². The molecule has 0 aromatic heterocycles. The fourth-order valence-electron chi connectivity index (χ4n) is 0.909. The van der Waals surface area contributed by atoms with Crippen molar-refractivity contribution >= 4 is 11.8 Å². The second-order valence-corrected chi connectivity index (χ2v) is 2.72. The lowest BCUT2D eigenvalue weighted by Gasteiger charge is -2.10. The molecule has 0 unspecified atom stereocenters. The first-order valence-corrected chi connectivity index (χ1v) is 3.99. The van der Waals surface area contributed by atoms with Gasteiger partial charge in [0.25, 0.3) is 0 Å². The van der Waals surface area contributed by atoms with E-state index in [1.54, 1.807) is 0 Å². The van der Waals surface area contributed by atoms with Crippen LogP contribution in [0.3, 0.4) is 0 Å². The van der Waals surface area contributed by atoms with Crippen molar-refractivity contribution in [3.63, 3.8) is 0 Å². The minimum atomic E-state index is -4.52. The summed E-state index contributed by atoms with van der Waals surface area (Å²) in [7, 11) is 0. The van der Waals surface area contributed by atoms with Gasteiger partial charge in [0.2, 0.25) is 6.08 Å². The highest BCUT2D eigenvalue weighted by molar-refractivity contribution is 5.57. The summed E-state index contributed by atoms with van der Waals surface area (Å²) in [6, 6.07) is 2.63. The highest BCUT2D eigenvalue weighted by atomic mass is 19.4. The molecule has 0 saturated carbocycles. The van der Waals surface area contributed by atoms with E-state index in [1.807, 2.05) is 0 Å². The van der Waals surface area contributed by atoms with E-state index >= 15 is 0 Å². The summed E-state index contributed by atoms with van der Waals surface area (Å²) in [5.74, 6) is -1.07. The van der Waals surface area contributed by atoms with E-state index < -0.39 is 18.6 Å². The largest absolute Gasteiger partial charge is 0.482 e. The molecule has 0 fully saturated rings. The lowest BCUT2D eigenvalue weighted by Crippen LogP contribution is -2.19. The van der Waals surface area contributed by atoms with Crippen molar-refractivity contribution in [3.8, 4) is 5.75 Å². The predicted molar refractivity (Wildman–Crippen MR) is 45.7 cm³/mol. The minimum Gasteiger partial charge on any atom is -0.482 e.